The Kier molecular flexibility index (Phi) is 5.94. The Morgan fingerprint density at radius 1 is 1.06 bits per heavy atom. The van der Waals surface area contributed by atoms with Crippen molar-refractivity contribution in [1.29, 1.82) is 0 Å². The highest BCUT2D eigenvalue weighted by molar-refractivity contribution is 5.95. The molecule has 6 nitrogen and oxygen atoms in total. The number of benzene rings is 2. The predicted molar refractivity (Wildman–Crippen MR) is 123 cm³/mol. The van der Waals surface area contributed by atoms with E-state index in [-0.39, 0.29) is 11.8 Å². The molecule has 4 aromatic rings. The number of aromatic nitrogens is 3. The molecule has 32 heavy (non-hydrogen) atoms. The van der Waals surface area contributed by atoms with Gasteiger partial charge < -0.3 is 9.64 Å². The summed E-state index contributed by atoms with van der Waals surface area (Å²) in [6, 6.07) is 18.2. The van der Waals surface area contributed by atoms with Gasteiger partial charge in [0.2, 0.25) is 0 Å². The molecule has 5 rings (SSSR count). The molecule has 1 aliphatic heterocycles. The zero-order valence-electron chi connectivity index (χ0n) is 17.9. The van der Waals surface area contributed by atoms with Crippen LogP contribution in [0.3, 0.4) is 0 Å². The molecular formula is C26H26N4O2. The standard InChI is InChI=1S/C26H26N4O2/c31-26(25-5-2-1-4-23(25)18-30-11-3-9-28-30)29-12-13-32-19-21(17-29)14-20-6-7-22-8-10-27-16-24(22)15-20/h1-11,15-16,21H,12-14,17-19H2. The fraction of sp³-hybridized carbons (Fsp3) is 0.269. The molecule has 1 fully saturated rings. The Hall–Kier alpha value is -3.51. The monoisotopic (exact) mass is 426 g/mol. The number of amides is 1. The molecule has 0 spiro atoms. The zero-order chi connectivity index (χ0) is 21.8. The number of fused-ring (bicyclic) bond motifs is 1. The quantitative estimate of drug-likeness (QED) is 0.487. The molecule has 0 saturated carbocycles. The van der Waals surface area contributed by atoms with Crippen molar-refractivity contribution in [3.8, 4) is 0 Å². The van der Waals surface area contributed by atoms with Crippen molar-refractivity contribution in [1.82, 2.24) is 19.7 Å². The van der Waals surface area contributed by atoms with E-state index in [9.17, 15) is 4.79 Å². The van der Waals surface area contributed by atoms with E-state index in [0.717, 1.165) is 22.9 Å². The first-order valence-corrected chi connectivity index (χ1v) is 11.0. The molecule has 3 heterocycles. The highest BCUT2D eigenvalue weighted by Crippen LogP contribution is 2.21. The van der Waals surface area contributed by atoms with Gasteiger partial charge >= 0.3 is 0 Å². The topological polar surface area (TPSA) is 60.2 Å². The maximum Gasteiger partial charge on any atom is 0.254 e. The van der Waals surface area contributed by atoms with Crippen LogP contribution in [0.2, 0.25) is 0 Å². The second-order valence-corrected chi connectivity index (χ2v) is 8.31. The van der Waals surface area contributed by atoms with E-state index in [1.54, 1.807) is 6.20 Å². The van der Waals surface area contributed by atoms with Crippen molar-refractivity contribution in [2.75, 3.05) is 26.3 Å². The lowest BCUT2D eigenvalue weighted by Crippen LogP contribution is -2.37. The lowest BCUT2D eigenvalue weighted by molar-refractivity contribution is 0.0736. The minimum Gasteiger partial charge on any atom is -0.379 e. The molecule has 6 heteroatoms. The average molecular weight is 427 g/mol. The lowest BCUT2D eigenvalue weighted by atomic mass is 9.97. The first-order valence-electron chi connectivity index (χ1n) is 11.0. The summed E-state index contributed by atoms with van der Waals surface area (Å²) >= 11 is 0. The summed E-state index contributed by atoms with van der Waals surface area (Å²) in [6.07, 6.45) is 8.24. The second kappa shape index (κ2) is 9.32. The van der Waals surface area contributed by atoms with Crippen molar-refractivity contribution in [3.63, 3.8) is 0 Å². The molecule has 1 atom stereocenters. The average Bonchev–Trinajstić information content (AvgIpc) is 3.23. The summed E-state index contributed by atoms with van der Waals surface area (Å²) in [7, 11) is 0. The molecule has 0 aliphatic carbocycles. The second-order valence-electron chi connectivity index (χ2n) is 8.31. The van der Waals surface area contributed by atoms with Gasteiger partial charge in [-0.05, 0) is 47.2 Å². The van der Waals surface area contributed by atoms with Gasteiger partial charge in [-0.2, -0.15) is 5.10 Å². The summed E-state index contributed by atoms with van der Waals surface area (Å²) in [5.41, 5.74) is 2.96. The predicted octanol–water partition coefficient (Wildman–Crippen LogP) is 3.81. The van der Waals surface area contributed by atoms with Crippen LogP contribution in [0.15, 0.2) is 79.4 Å². The van der Waals surface area contributed by atoms with E-state index in [4.69, 9.17) is 4.74 Å². The number of ether oxygens (including phenoxy) is 1. The van der Waals surface area contributed by atoms with Gasteiger partial charge in [0, 0.05) is 54.7 Å². The minimum absolute atomic E-state index is 0.0611. The van der Waals surface area contributed by atoms with Crippen LogP contribution < -0.4 is 0 Å². The summed E-state index contributed by atoms with van der Waals surface area (Å²) in [4.78, 5) is 19.7. The van der Waals surface area contributed by atoms with E-state index >= 15 is 0 Å². The van der Waals surface area contributed by atoms with Gasteiger partial charge in [-0.1, -0.05) is 30.3 Å². The van der Waals surface area contributed by atoms with Crippen molar-refractivity contribution >= 4 is 16.7 Å². The molecule has 2 aromatic carbocycles. The summed E-state index contributed by atoms with van der Waals surface area (Å²) in [5, 5.41) is 6.61. The first-order chi connectivity index (χ1) is 15.8. The lowest BCUT2D eigenvalue weighted by Gasteiger charge is -2.25. The van der Waals surface area contributed by atoms with E-state index in [0.29, 0.717) is 32.8 Å². The van der Waals surface area contributed by atoms with Gasteiger partial charge in [0.15, 0.2) is 0 Å². The molecule has 0 radical (unpaired) electrons. The SMILES string of the molecule is O=C(c1ccccc1Cn1cccn1)N1CCOCC(Cc2ccc3ccncc3c2)C1. The Labute approximate surface area is 187 Å². The van der Waals surface area contributed by atoms with E-state index in [2.05, 4.69) is 28.3 Å². The molecule has 0 N–H and O–H groups in total. The number of hydrogen-bond acceptors (Lipinski definition) is 4. The summed E-state index contributed by atoms with van der Waals surface area (Å²) in [6.45, 7) is 3.08. The van der Waals surface area contributed by atoms with E-state index in [1.165, 1.54) is 10.9 Å². The Morgan fingerprint density at radius 2 is 2.00 bits per heavy atom. The largest absolute Gasteiger partial charge is 0.379 e. The van der Waals surface area contributed by atoms with Gasteiger partial charge in [0.05, 0.1) is 19.8 Å². The third-order valence-electron chi connectivity index (χ3n) is 5.99. The molecule has 1 unspecified atom stereocenters. The van der Waals surface area contributed by atoms with E-state index < -0.39 is 0 Å². The van der Waals surface area contributed by atoms with Crippen LogP contribution >= 0.6 is 0 Å². The van der Waals surface area contributed by atoms with Gasteiger partial charge in [-0.15, -0.1) is 0 Å². The highest BCUT2D eigenvalue weighted by Gasteiger charge is 2.25. The van der Waals surface area contributed by atoms with Crippen LogP contribution in [0.1, 0.15) is 21.5 Å². The minimum atomic E-state index is 0.0611. The number of carbonyl (C=O) groups excluding carboxylic acids is 1. The van der Waals surface area contributed by atoms with Crippen LogP contribution in [-0.4, -0.2) is 51.9 Å². The number of rotatable bonds is 5. The van der Waals surface area contributed by atoms with E-state index in [1.807, 2.05) is 64.6 Å². The van der Waals surface area contributed by atoms with Crippen LogP contribution in [0, 0.1) is 5.92 Å². The summed E-state index contributed by atoms with van der Waals surface area (Å²) in [5.74, 6) is 0.305. The molecule has 1 saturated heterocycles. The third kappa shape index (κ3) is 4.55. The molecule has 0 bridgehead atoms. The van der Waals surface area contributed by atoms with Gasteiger partial charge in [-0.25, -0.2) is 0 Å². The van der Waals surface area contributed by atoms with Crippen LogP contribution in [-0.2, 0) is 17.7 Å². The van der Waals surface area contributed by atoms with Crippen molar-refractivity contribution in [2.45, 2.75) is 13.0 Å². The third-order valence-corrected chi connectivity index (χ3v) is 5.99. The fourth-order valence-corrected chi connectivity index (χ4v) is 4.39. The Morgan fingerprint density at radius 3 is 2.91 bits per heavy atom. The number of hydrogen-bond donors (Lipinski definition) is 0. The Bertz CT molecular complexity index is 1210. The highest BCUT2D eigenvalue weighted by atomic mass is 16.5. The maximum absolute atomic E-state index is 13.5. The molecule has 162 valence electrons. The van der Waals surface area contributed by atoms with Crippen molar-refractivity contribution < 1.29 is 9.53 Å². The molecule has 1 aliphatic rings. The number of carbonyl (C=O) groups is 1. The summed E-state index contributed by atoms with van der Waals surface area (Å²) < 4.78 is 7.72. The molecule has 1 amide bonds. The maximum atomic E-state index is 13.5. The molecule has 2 aromatic heterocycles. The van der Waals surface area contributed by atoms with Crippen molar-refractivity contribution in [2.24, 2.45) is 5.92 Å². The zero-order valence-corrected chi connectivity index (χ0v) is 17.9. The number of pyridine rings is 1. The Balaban J connectivity index is 1.33. The van der Waals surface area contributed by atoms with Crippen LogP contribution in [0.5, 0.6) is 0 Å². The van der Waals surface area contributed by atoms with Gasteiger partial charge in [-0.3, -0.25) is 14.5 Å². The molecular weight excluding hydrogens is 400 g/mol. The van der Waals surface area contributed by atoms with Gasteiger partial charge in [0.25, 0.3) is 5.91 Å². The van der Waals surface area contributed by atoms with Crippen LogP contribution in [0.25, 0.3) is 10.8 Å². The van der Waals surface area contributed by atoms with Crippen molar-refractivity contribution in [3.05, 3.63) is 96.1 Å². The fourth-order valence-electron chi connectivity index (χ4n) is 4.39. The van der Waals surface area contributed by atoms with Crippen LogP contribution in [0.4, 0.5) is 0 Å². The smallest absolute Gasteiger partial charge is 0.254 e. The normalized spacial score (nSPS) is 16.8. The number of nitrogens with zero attached hydrogens (tertiary/aromatic N) is 4. The van der Waals surface area contributed by atoms with Gasteiger partial charge in [0.1, 0.15) is 0 Å². The first kappa shape index (κ1) is 20.4.